The van der Waals surface area contributed by atoms with Crippen molar-refractivity contribution in [1.82, 2.24) is 9.88 Å². The summed E-state index contributed by atoms with van der Waals surface area (Å²) in [5.74, 6) is 0.835. The second kappa shape index (κ2) is 8.20. The summed E-state index contributed by atoms with van der Waals surface area (Å²) in [6.45, 7) is 0.542. The molecule has 0 saturated heterocycles. The molecule has 0 fully saturated rings. The summed E-state index contributed by atoms with van der Waals surface area (Å²) >= 11 is 0. The summed E-state index contributed by atoms with van der Waals surface area (Å²) in [5, 5.41) is 3.01. The van der Waals surface area contributed by atoms with E-state index in [0.29, 0.717) is 13.0 Å². The van der Waals surface area contributed by atoms with E-state index in [4.69, 9.17) is 4.74 Å². The van der Waals surface area contributed by atoms with Gasteiger partial charge < -0.3 is 14.6 Å². The van der Waals surface area contributed by atoms with Crippen molar-refractivity contribution in [2.24, 2.45) is 0 Å². The molecule has 0 saturated carbocycles. The van der Waals surface area contributed by atoms with E-state index in [1.54, 1.807) is 7.11 Å². The number of aromatic nitrogens is 1. The lowest BCUT2D eigenvalue weighted by molar-refractivity contribution is -0.121. The fourth-order valence-corrected chi connectivity index (χ4v) is 2.82. The van der Waals surface area contributed by atoms with Crippen LogP contribution in [0.3, 0.4) is 0 Å². The minimum absolute atomic E-state index is 0.0263. The van der Waals surface area contributed by atoms with Gasteiger partial charge in [-0.25, -0.2) is 0 Å². The third kappa shape index (κ3) is 4.51. The SMILES string of the molecule is COc1ccc([C@@H](CC(=O)NCc2ccccc2)n2cccc2)cc1. The van der Waals surface area contributed by atoms with Crippen LogP contribution in [0.5, 0.6) is 5.75 Å². The average Bonchev–Trinajstić information content (AvgIpc) is 3.20. The molecule has 0 radical (unpaired) electrons. The van der Waals surface area contributed by atoms with Crippen molar-refractivity contribution < 1.29 is 9.53 Å². The molecule has 1 heterocycles. The topological polar surface area (TPSA) is 43.3 Å². The van der Waals surface area contributed by atoms with Crippen molar-refractivity contribution in [3.05, 3.63) is 90.3 Å². The van der Waals surface area contributed by atoms with Crippen LogP contribution in [0.4, 0.5) is 0 Å². The van der Waals surface area contributed by atoms with Gasteiger partial charge in [0.2, 0.25) is 5.91 Å². The predicted molar refractivity (Wildman–Crippen MR) is 98.5 cm³/mol. The Balaban J connectivity index is 1.70. The number of carbonyl (C=O) groups is 1. The van der Waals surface area contributed by atoms with Crippen LogP contribution in [0.2, 0.25) is 0 Å². The van der Waals surface area contributed by atoms with Crippen LogP contribution in [-0.4, -0.2) is 17.6 Å². The summed E-state index contributed by atoms with van der Waals surface area (Å²) in [6, 6.07) is 21.7. The first-order valence-corrected chi connectivity index (χ1v) is 8.33. The van der Waals surface area contributed by atoms with E-state index in [9.17, 15) is 4.79 Å². The van der Waals surface area contributed by atoms with Gasteiger partial charge in [-0.1, -0.05) is 42.5 Å². The molecule has 1 aromatic heterocycles. The number of ether oxygens (including phenoxy) is 1. The average molecular weight is 334 g/mol. The van der Waals surface area contributed by atoms with Crippen molar-refractivity contribution in [3.8, 4) is 5.75 Å². The zero-order valence-electron chi connectivity index (χ0n) is 14.3. The predicted octanol–water partition coefficient (Wildman–Crippen LogP) is 3.79. The molecule has 0 aliphatic carbocycles. The summed E-state index contributed by atoms with van der Waals surface area (Å²) in [6.07, 6.45) is 4.35. The Morgan fingerprint density at radius 3 is 2.32 bits per heavy atom. The van der Waals surface area contributed by atoms with Gasteiger partial charge in [-0.3, -0.25) is 4.79 Å². The van der Waals surface area contributed by atoms with Gasteiger partial charge in [0.05, 0.1) is 19.6 Å². The van der Waals surface area contributed by atoms with Crippen LogP contribution in [0, 0.1) is 0 Å². The Morgan fingerprint density at radius 2 is 1.68 bits per heavy atom. The first-order valence-electron chi connectivity index (χ1n) is 8.33. The first-order chi connectivity index (χ1) is 12.3. The lowest BCUT2D eigenvalue weighted by atomic mass is 10.0. The number of nitrogens with zero attached hydrogens (tertiary/aromatic N) is 1. The van der Waals surface area contributed by atoms with Gasteiger partial charge in [0.25, 0.3) is 0 Å². The maximum atomic E-state index is 12.5. The number of nitrogens with one attached hydrogen (secondary N) is 1. The van der Waals surface area contributed by atoms with E-state index in [2.05, 4.69) is 9.88 Å². The fourth-order valence-electron chi connectivity index (χ4n) is 2.82. The Morgan fingerprint density at radius 1 is 1.00 bits per heavy atom. The Kier molecular flexibility index (Phi) is 5.52. The Labute approximate surface area is 148 Å². The van der Waals surface area contributed by atoms with Gasteiger partial charge in [0.15, 0.2) is 0 Å². The lowest BCUT2D eigenvalue weighted by Gasteiger charge is -2.19. The largest absolute Gasteiger partial charge is 0.497 e. The summed E-state index contributed by atoms with van der Waals surface area (Å²) in [5.41, 5.74) is 2.17. The van der Waals surface area contributed by atoms with Crippen molar-refractivity contribution in [1.29, 1.82) is 0 Å². The Bertz CT molecular complexity index is 781. The highest BCUT2D eigenvalue weighted by molar-refractivity contribution is 5.76. The van der Waals surface area contributed by atoms with E-state index >= 15 is 0 Å². The molecule has 0 aliphatic heterocycles. The van der Waals surface area contributed by atoms with Crippen LogP contribution < -0.4 is 10.1 Å². The highest BCUT2D eigenvalue weighted by Gasteiger charge is 2.17. The monoisotopic (exact) mass is 334 g/mol. The quantitative estimate of drug-likeness (QED) is 0.714. The minimum atomic E-state index is -0.0447. The molecular formula is C21H22N2O2. The molecule has 0 aliphatic rings. The molecule has 0 bridgehead atoms. The number of rotatable bonds is 7. The summed E-state index contributed by atoms with van der Waals surface area (Å²) in [7, 11) is 1.65. The van der Waals surface area contributed by atoms with Crippen LogP contribution >= 0.6 is 0 Å². The zero-order valence-corrected chi connectivity index (χ0v) is 14.3. The number of hydrogen-bond acceptors (Lipinski definition) is 2. The Hall–Kier alpha value is -3.01. The zero-order chi connectivity index (χ0) is 17.5. The molecule has 3 rings (SSSR count). The molecule has 1 amide bonds. The summed E-state index contributed by atoms with van der Waals surface area (Å²) in [4.78, 5) is 12.5. The molecule has 2 aromatic carbocycles. The van der Waals surface area contributed by atoms with E-state index in [1.807, 2.05) is 79.1 Å². The van der Waals surface area contributed by atoms with Gasteiger partial charge in [-0.05, 0) is 35.4 Å². The molecule has 4 nitrogen and oxygen atoms in total. The number of benzene rings is 2. The smallest absolute Gasteiger partial charge is 0.222 e. The molecule has 25 heavy (non-hydrogen) atoms. The van der Waals surface area contributed by atoms with Crippen molar-refractivity contribution >= 4 is 5.91 Å². The first kappa shape index (κ1) is 16.8. The molecule has 4 heteroatoms. The standard InChI is InChI=1S/C21H22N2O2/c1-25-19-11-9-18(10-12-19)20(23-13-5-6-14-23)15-21(24)22-16-17-7-3-2-4-8-17/h2-14,20H,15-16H2,1H3,(H,22,24)/t20-/m1/s1. The van der Waals surface area contributed by atoms with Crippen LogP contribution in [0.25, 0.3) is 0 Å². The van der Waals surface area contributed by atoms with Gasteiger partial charge in [0, 0.05) is 18.9 Å². The molecule has 0 spiro atoms. The van der Waals surface area contributed by atoms with E-state index in [1.165, 1.54) is 0 Å². The number of hydrogen-bond donors (Lipinski definition) is 1. The molecule has 3 aromatic rings. The van der Waals surface area contributed by atoms with Crippen LogP contribution in [0.15, 0.2) is 79.1 Å². The third-order valence-corrected chi connectivity index (χ3v) is 4.20. The second-order valence-corrected chi connectivity index (χ2v) is 5.89. The molecule has 1 atom stereocenters. The second-order valence-electron chi connectivity index (χ2n) is 5.89. The maximum absolute atomic E-state index is 12.5. The van der Waals surface area contributed by atoms with Gasteiger partial charge in [0.1, 0.15) is 5.75 Å². The number of amides is 1. The minimum Gasteiger partial charge on any atom is -0.497 e. The molecule has 0 unspecified atom stereocenters. The molecular weight excluding hydrogens is 312 g/mol. The highest BCUT2D eigenvalue weighted by Crippen LogP contribution is 2.24. The van der Waals surface area contributed by atoms with Gasteiger partial charge >= 0.3 is 0 Å². The lowest BCUT2D eigenvalue weighted by Crippen LogP contribution is -2.26. The highest BCUT2D eigenvalue weighted by atomic mass is 16.5. The van der Waals surface area contributed by atoms with Gasteiger partial charge in [-0.2, -0.15) is 0 Å². The third-order valence-electron chi connectivity index (χ3n) is 4.20. The fraction of sp³-hybridized carbons (Fsp3) is 0.190. The maximum Gasteiger partial charge on any atom is 0.222 e. The summed E-state index contributed by atoms with van der Waals surface area (Å²) < 4.78 is 7.28. The number of carbonyl (C=O) groups excluding carboxylic acids is 1. The van der Waals surface area contributed by atoms with Crippen molar-refractivity contribution in [2.45, 2.75) is 19.0 Å². The van der Waals surface area contributed by atoms with E-state index < -0.39 is 0 Å². The van der Waals surface area contributed by atoms with E-state index in [-0.39, 0.29) is 11.9 Å². The molecule has 1 N–H and O–H groups in total. The van der Waals surface area contributed by atoms with Crippen molar-refractivity contribution in [2.75, 3.05) is 7.11 Å². The van der Waals surface area contributed by atoms with Crippen LogP contribution in [-0.2, 0) is 11.3 Å². The van der Waals surface area contributed by atoms with E-state index in [0.717, 1.165) is 16.9 Å². The van der Waals surface area contributed by atoms with Crippen LogP contribution in [0.1, 0.15) is 23.6 Å². The van der Waals surface area contributed by atoms with Gasteiger partial charge in [-0.15, -0.1) is 0 Å². The normalized spacial score (nSPS) is 11.7. The molecule has 128 valence electrons. The number of methoxy groups -OCH3 is 1. The van der Waals surface area contributed by atoms with Crippen molar-refractivity contribution in [3.63, 3.8) is 0 Å².